The lowest BCUT2D eigenvalue weighted by molar-refractivity contribution is -0.141. The standard InChI is InChI=1S/C15H20N2O5S/c1-2-9-23(21,22)16-13-5-3-11(4-6-13)14(18)17-8-7-12(10-17)15(19)20/h3-6,12,16H,2,7-10H2,1H3,(H,19,20). The Morgan fingerprint density at radius 1 is 1.30 bits per heavy atom. The Kier molecular flexibility index (Phi) is 5.25. The minimum Gasteiger partial charge on any atom is -0.481 e. The first-order valence-electron chi connectivity index (χ1n) is 7.45. The molecule has 1 aliphatic heterocycles. The second-order valence-corrected chi connectivity index (χ2v) is 7.42. The van der Waals surface area contributed by atoms with Gasteiger partial charge in [-0.1, -0.05) is 6.92 Å². The molecule has 1 amide bonds. The van der Waals surface area contributed by atoms with Gasteiger partial charge in [0.05, 0.1) is 11.7 Å². The van der Waals surface area contributed by atoms with Crippen molar-refractivity contribution in [2.75, 3.05) is 23.6 Å². The fourth-order valence-electron chi connectivity index (χ4n) is 2.51. The molecule has 23 heavy (non-hydrogen) atoms. The predicted octanol–water partition coefficient (Wildman–Crippen LogP) is 1.38. The summed E-state index contributed by atoms with van der Waals surface area (Å²) < 4.78 is 25.8. The van der Waals surface area contributed by atoms with Gasteiger partial charge in [0.25, 0.3) is 5.91 Å². The number of aliphatic carboxylic acids is 1. The zero-order chi connectivity index (χ0) is 17.0. The second kappa shape index (κ2) is 6.99. The quantitative estimate of drug-likeness (QED) is 0.814. The van der Waals surface area contributed by atoms with Crippen molar-refractivity contribution in [2.45, 2.75) is 19.8 Å². The van der Waals surface area contributed by atoms with Crippen molar-refractivity contribution in [1.29, 1.82) is 0 Å². The van der Waals surface area contributed by atoms with Gasteiger partial charge in [0.2, 0.25) is 10.0 Å². The van der Waals surface area contributed by atoms with Gasteiger partial charge in [-0.2, -0.15) is 0 Å². The van der Waals surface area contributed by atoms with Crippen LogP contribution in [0.1, 0.15) is 30.1 Å². The SMILES string of the molecule is CCCS(=O)(=O)Nc1ccc(C(=O)N2CCC(C(=O)O)C2)cc1. The molecule has 1 heterocycles. The van der Waals surface area contributed by atoms with Crippen molar-refractivity contribution in [3.05, 3.63) is 29.8 Å². The summed E-state index contributed by atoms with van der Waals surface area (Å²) in [6, 6.07) is 6.15. The van der Waals surface area contributed by atoms with Gasteiger partial charge in [0.1, 0.15) is 0 Å². The van der Waals surface area contributed by atoms with Crippen molar-refractivity contribution in [3.8, 4) is 0 Å². The average molecular weight is 340 g/mol. The first-order valence-corrected chi connectivity index (χ1v) is 9.10. The highest BCUT2D eigenvalue weighted by molar-refractivity contribution is 7.92. The third kappa shape index (κ3) is 4.44. The molecule has 126 valence electrons. The van der Waals surface area contributed by atoms with Crippen LogP contribution in [-0.4, -0.2) is 49.1 Å². The molecule has 2 N–H and O–H groups in total. The summed E-state index contributed by atoms with van der Waals surface area (Å²) in [5, 5.41) is 8.97. The van der Waals surface area contributed by atoms with Crippen LogP contribution < -0.4 is 4.72 Å². The van der Waals surface area contributed by atoms with Crippen molar-refractivity contribution in [3.63, 3.8) is 0 Å². The number of nitrogens with one attached hydrogen (secondary N) is 1. The highest BCUT2D eigenvalue weighted by Crippen LogP contribution is 2.20. The van der Waals surface area contributed by atoms with Crippen molar-refractivity contribution >= 4 is 27.6 Å². The van der Waals surface area contributed by atoms with E-state index in [9.17, 15) is 18.0 Å². The number of sulfonamides is 1. The Morgan fingerprint density at radius 3 is 2.48 bits per heavy atom. The lowest BCUT2D eigenvalue weighted by Crippen LogP contribution is -2.29. The van der Waals surface area contributed by atoms with Crippen molar-refractivity contribution in [2.24, 2.45) is 5.92 Å². The molecule has 8 heteroatoms. The number of anilines is 1. The molecule has 1 aromatic carbocycles. The molecule has 1 atom stereocenters. The van der Waals surface area contributed by atoms with Crippen LogP contribution in [0.15, 0.2) is 24.3 Å². The minimum absolute atomic E-state index is 0.0397. The van der Waals surface area contributed by atoms with Crippen molar-refractivity contribution < 1.29 is 23.1 Å². The Balaban J connectivity index is 2.02. The summed E-state index contributed by atoms with van der Waals surface area (Å²) in [5.74, 6) is -1.60. The number of amides is 1. The van der Waals surface area contributed by atoms with E-state index in [2.05, 4.69) is 4.72 Å². The predicted molar refractivity (Wildman–Crippen MR) is 85.8 cm³/mol. The third-order valence-corrected chi connectivity index (χ3v) is 5.20. The average Bonchev–Trinajstić information content (AvgIpc) is 2.96. The number of carboxylic acid groups (broad SMARTS) is 1. The van der Waals surface area contributed by atoms with Gasteiger partial charge in [0.15, 0.2) is 0 Å². The van der Waals surface area contributed by atoms with Gasteiger partial charge < -0.3 is 10.0 Å². The maximum atomic E-state index is 12.3. The van der Waals surface area contributed by atoms with Gasteiger partial charge in [-0.3, -0.25) is 14.3 Å². The lowest BCUT2D eigenvalue weighted by Gasteiger charge is -2.16. The second-order valence-electron chi connectivity index (χ2n) is 5.57. The van der Waals surface area contributed by atoms with Gasteiger partial charge in [-0.05, 0) is 37.1 Å². The molecule has 1 unspecified atom stereocenters. The molecule has 0 aliphatic carbocycles. The van der Waals surface area contributed by atoms with E-state index in [1.165, 1.54) is 17.0 Å². The first kappa shape index (κ1) is 17.3. The highest BCUT2D eigenvalue weighted by Gasteiger charge is 2.31. The summed E-state index contributed by atoms with van der Waals surface area (Å²) in [6.45, 7) is 2.40. The Morgan fingerprint density at radius 2 is 1.96 bits per heavy atom. The Hall–Kier alpha value is -2.09. The van der Waals surface area contributed by atoms with Crippen molar-refractivity contribution in [1.82, 2.24) is 4.90 Å². The molecule has 1 aromatic rings. The molecule has 0 spiro atoms. The van der Waals surface area contributed by atoms with Gasteiger partial charge in [0, 0.05) is 24.3 Å². The first-order chi connectivity index (χ1) is 10.8. The smallest absolute Gasteiger partial charge is 0.308 e. The fraction of sp³-hybridized carbons (Fsp3) is 0.467. The minimum atomic E-state index is -3.36. The van der Waals surface area contributed by atoms with Crippen LogP contribution >= 0.6 is 0 Å². The summed E-state index contributed by atoms with van der Waals surface area (Å²) in [4.78, 5) is 24.8. The van der Waals surface area contributed by atoms with Gasteiger partial charge in [-0.15, -0.1) is 0 Å². The number of nitrogens with zero attached hydrogens (tertiary/aromatic N) is 1. The summed E-state index contributed by atoms with van der Waals surface area (Å²) in [6.07, 6.45) is 0.974. The molecule has 7 nitrogen and oxygen atoms in total. The van der Waals surface area contributed by atoms with Crippen LogP contribution in [0.4, 0.5) is 5.69 Å². The number of likely N-dealkylation sites (tertiary alicyclic amines) is 1. The monoisotopic (exact) mass is 340 g/mol. The van der Waals surface area contributed by atoms with Crippen LogP contribution in [0.3, 0.4) is 0 Å². The van der Waals surface area contributed by atoms with E-state index in [1.54, 1.807) is 19.1 Å². The Labute approximate surface area is 135 Å². The summed E-state index contributed by atoms with van der Waals surface area (Å²) in [5.41, 5.74) is 0.814. The Bertz CT molecular complexity index is 684. The van der Waals surface area contributed by atoms with E-state index in [1.807, 2.05) is 0 Å². The van der Waals surface area contributed by atoms with Crippen LogP contribution in [0.5, 0.6) is 0 Å². The molecule has 1 fully saturated rings. The molecule has 0 radical (unpaired) electrons. The molecular formula is C15H20N2O5S. The maximum absolute atomic E-state index is 12.3. The maximum Gasteiger partial charge on any atom is 0.308 e. The zero-order valence-electron chi connectivity index (χ0n) is 12.9. The van der Waals surface area contributed by atoms with Crippen LogP contribution in [0.25, 0.3) is 0 Å². The largest absolute Gasteiger partial charge is 0.481 e. The number of carbonyl (C=O) groups is 2. The van der Waals surface area contributed by atoms with E-state index in [0.717, 1.165) is 0 Å². The number of rotatable bonds is 6. The highest BCUT2D eigenvalue weighted by atomic mass is 32.2. The molecular weight excluding hydrogens is 320 g/mol. The van der Waals surface area contributed by atoms with E-state index >= 15 is 0 Å². The third-order valence-electron chi connectivity index (χ3n) is 3.70. The molecule has 0 bridgehead atoms. The normalized spacial score (nSPS) is 18.0. The lowest BCUT2D eigenvalue weighted by atomic mass is 10.1. The van der Waals surface area contributed by atoms with Gasteiger partial charge in [-0.25, -0.2) is 8.42 Å². The van der Waals surface area contributed by atoms with Crippen LogP contribution in [-0.2, 0) is 14.8 Å². The fourth-order valence-corrected chi connectivity index (χ4v) is 3.64. The molecule has 1 aliphatic rings. The number of carboxylic acids is 1. The van der Waals surface area contributed by atoms with E-state index in [4.69, 9.17) is 5.11 Å². The topological polar surface area (TPSA) is 104 Å². The molecule has 0 saturated carbocycles. The molecule has 1 saturated heterocycles. The molecule has 0 aromatic heterocycles. The number of hydrogen-bond acceptors (Lipinski definition) is 4. The van der Waals surface area contributed by atoms with E-state index in [-0.39, 0.29) is 18.2 Å². The molecule has 2 rings (SSSR count). The number of benzene rings is 1. The number of carbonyl (C=O) groups excluding carboxylic acids is 1. The zero-order valence-corrected chi connectivity index (χ0v) is 13.7. The van der Waals surface area contributed by atoms with Crippen LogP contribution in [0, 0.1) is 5.92 Å². The van der Waals surface area contributed by atoms with Gasteiger partial charge >= 0.3 is 5.97 Å². The van der Waals surface area contributed by atoms with Crippen LogP contribution in [0.2, 0.25) is 0 Å². The summed E-state index contributed by atoms with van der Waals surface area (Å²) >= 11 is 0. The summed E-state index contributed by atoms with van der Waals surface area (Å²) in [7, 11) is -3.36. The van der Waals surface area contributed by atoms with E-state index in [0.29, 0.717) is 30.6 Å². The number of hydrogen-bond donors (Lipinski definition) is 2. The van der Waals surface area contributed by atoms with E-state index < -0.39 is 21.9 Å².